The van der Waals surface area contributed by atoms with Gasteiger partial charge in [0.05, 0.1) is 9.79 Å². The van der Waals surface area contributed by atoms with Crippen LogP contribution in [0.2, 0.25) is 0 Å². The zero-order valence-electron chi connectivity index (χ0n) is 11.3. The van der Waals surface area contributed by atoms with Crippen LogP contribution in [0.3, 0.4) is 0 Å². The maximum Gasteiger partial charge on any atom is 0.346 e. The van der Waals surface area contributed by atoms with E-state index in [1.165, 1.54) is 36.4 Å². The summed E-state index contributed by atoms with van der Waals surface area (Å²) >= 11 is 3.15. The van der Waals surface area contributed by atoms with Crippen LogP contribution in [-0.2, 0) is 19.7 Å². The van der Waals surface area contributed by atoms with Gasteiger partial charge in [0.1, 0.15) is 6.10 Å². The molecule has 2 aromatic rings. The Labute approximate surface area is 140 Å². The second-order valence-electron chi connectivity index (χ2n) is 4.99. The number of halogens is 2. The number of hydrogen-bond donors (Lipinski definition) is 1. The van der Waals surface area contributed by atoms with Crippen molar-refractivity contribution in [2.45, 2.75) is 20.2 Å². The van der Waals surface area contributed by atoms with Crippen molar-refractivity contribution in [3.63, 3.8) is 0 Å². The first-order valence-electron chi connectivity index (χ1n) is 6.35. The summed E-state index contributed by atoms with van der Waals surface area (Å²) in [7, 11) is -9.85. The fourth-order valence-electron chi connectivity index (χ4n) is 2.48. The summed E-state index contributed by atoms with van der Waals surface area (Å²) in [5.41, 5.74) is -0.157. The summed E-state index contributed by atoms with van der Waals surface area (Å²) in [5.74, 6) is 0. The van der Waals surface area contributed by atoms with Crippen molar-refractivity contribution in [2.24, 2.45) is 0 Å². The summed E-state index contributed by atoms with van der Waals surface area (Å²) in [6.07, 6.45) is -2.38. The molecule has 0 radical (unpaired) electrons. The predicted octanol–water partition coefficient (Wildman–Crippen LogP) is 2.37. The second-order valence-corrected chi connectivity index (χ2v) is 10.2. The molecule has 5 nitrogen and oxygen atoms in total. The molecule has 23 heavy (non-hydrogen) atoms. The van der Waals surface area contributed by atoms with Gasteiger partial charge >= 0.3 is 4.33 Å². The molecule has 2 aromatic carbocycles. The van der Waals surface area contributed by atoms with E-state index in [-0.39, 0.29) is 5.56 Å². The van der Waals surface area contributed by atoms with Gasteiger partial charge in [-0.3, -0.25) is 0 Å². The second kappa shape index (κ2) is 5.10. The van der Waals surface area contributed by atoms with E-state index in [0.717, 1.165) is 12.1 Å². The lowest BCUT2D eigenvalue weighted by Crippen LogP contribution is -2.42. The van der Waals surface area contributed by atoms with Gasteiger partial charge in [-0.25, -0.2) is 21.2 Å². The number of sulfone groups is 2. The van der Waals surface area contributed by atoms with Gasteiger partial charge in [0.15, 0.2) is 0 Å². The van der Waals surface area contributed by atoms with Crippen LogP contribution in [0.4, 0.5) is 4.39 Å². The number of alkyl halides is 1. The van der Waals surface area contributed by atoms with Gasteiger partial charge in [0.2, 0.25) is 19.7 Å². The molecular weight excluding hydrogens is 411 g/mol. The van der Waals surface area contributed by atoms with Crippen LogP contribution in [0.5, 0.6) is 0 Å². The minimum Gasteiger partial charge on any atom is -0.383 e. The molecule has 0 amide bonds. The molecule has 0 aliphatic carbocycles. The maximum absolute atomic E-state index is 15.4. The molecule has 0 saturated carbocycles. The summed E-state index contributed by atoms with van der Waals surface area (Å²) in [5, 5.41) is 10.3. The fourth-order valence-corrected chi connectivity index (χ4v) is 7.73. The largest absolute Gasteiger partial charge is 0.383 e. The van der Waals surface area contributed by atoms with Gasteiger partial charge in [0.25, 0.3) is 0 Å². The molecule has 1 heterocycles. The molecule has 1 aliphatic heterocycles. The number of fused-ring (bicyclic) bond motifs is 1. The van der Waals surface area contributed by atoms with Crippen LogP contribution in [-0.4, -0.2) is 26.3 Å². The molecule has 3 rings (SSSR count). The lowest BCUT2D eigenvalue weighted by Gasteiger charge is -2.24. The van der Waals surface area contributed by atoms with Crippen molar-refractivity contribution in [1.29, 1.82) is 0 Å². The molecule has 1 atom stereocenters. The van der Waals surface area contributed by atoms with Gasteiger partial charge in [-0.1, -0.05) is 40.2 Å². The quantitative estimate of drug-likeness (QED) is 0.805. The molecule has 0 fully saturated rings. The van der Waals surface area contributed by atoms with Crippen molar-refractivity contribution >= 4 is 35.6 Å². The highest BCUT2D eigenvalue weighted by Crippen LogP contribution is 2.52. The zero-order valence-corrected chi connectivity index (χ0v) is 14.6. The Balaban J connectivity index is 2.28. The lowest BCUT2D eigenvalue weighted by molar-refractivity contribution is 0.0958. The van der Waals surface area contributed by atoms with E-state index < -0.39 is 39.9 Å². The molecule has 0 bridgehead atoms. The SMILES string of the molecule is O=S1(=O)c2ccccc2S(=O)(=O)C1(F)[C@H](O)c1ccc(Br)cc1. The molecule has 1 N–H and O–H groups in total. The van der Waals surface area contributed by atoms with Gasteiger partial charge in [0, 0.05) is 4.47 Å². The third-order valence-electron chi connectivity index (χ3n) is 3.67. The average molecular weight is 421 g/mol. The third-order valence-corrected chi connectivity index (χ3v) is 9.43. The average Bonchev–Trinajstić information content (AvgIpc) is 2.65. The molecule has 0 aromatic heterocycles. The summed E-state index contributed by atoms with van der Waals surface area (Å²) in [6.45, 7) is 0. The van der Waals surface area contributed by atoms with E-state index in [1.807, 2.05) is 0 Å². The monoisotopic (exact) mass is 420 g/mol. The van der Waals surface area contributed by atoms with Gasteiger partial charge < -0.3 is 5.11 Å². The van der Waals surface area contributed by atoms with E-state index >= 15 is 4.39 Å². The van der Waals surface area contributed by atoms with Crippen LogP contribution in [0.15, 0.2) is 62.8 Å². The Hall–Kier alpha value is -1.29. The number of benzene rings is 2. The Morgan fingerprint density at radius 2 is 1.35 bits per heavy atom. The smallest absolute Gasteiger partial charge is 0.346 e. The van der Waals surface area contributed by atoms with Gasteiger partial charge in [-0.05, 0) is 29.8 Å². The van der Waals surface area contributed by atoms with E-state index in [4.69, 9.17) is 0 Å². The third kappa shape index (κ3) is 2.03. The zero-order chi connectivity index (χ0) is 17.0. The lowest BCUT2D eigenvalue weighted by atomic mass is 10.1. The van der Waals surface area contributed by atoms with Crippen molar-refractivity contribution in [1.82, 2.24) is 0 Å². The molecule has 1 aliphatic rings. The highest BCUT2D eigenvalue weighted by atomic mass is 79.9. The van der Waals surface area contributed by atoms with Crippen molar-refractivity contribution in [3.8, 4) is 0 Å². The molecule has 0 unspecified atom stereocenters. The topological polar surface area (TPSA) is 88.5 Å². The van der Waals surface area contributed by atoms with Crippen LogP contribution >= 0.6 is 15.9 Å². The summed E-state index contributed by atoms with van der Waals surface area (Å²) in [6, 6.07) is 10.0. The van der Waals surface area contributed by atoms with E-state index in [9.17, 15) is 21.9 Å². The predicted molar refractivity (Wildman–Crippen MR) is 83.8 cm³/mol. The normalized spacial score (nSPS) is 21.5. The first kappa shape index (κ1) is 16.6. The number of rotatable bonds is 2. The minimum atomic E-state index is -4.93. The van der Waals surface area contributed by atoms with Crippen molar-refractivity contribution in [3.05, 3.63) is 58.6 Å². The highest BCUT2D eigenvalue weighted by Gasteiger charge is 2.68. The van der Waals surface area contributed by atoms with Gasteiger partial charge in [-0.2, -0.15) is 0 Å². The van der Waals surface area contributed by atoms with E-state index in [2.05, 4.69) is 15.9 Å². The van der Waals surface area contributed by atoms with Gasteiger partial charge in [-0.15, -0.1) is 0 Å². The number of aliphatic hydroxyl groups is 1. The minimum absolute atomic E-state index is 0.157. The standard InChI is InChI=1S/C14H10BrFO5S2/c15-10-7-5-9(6-8-10)13(17)14(16)22(18,19)11-3-1-2-4-12(11)23(14,20)21/h1-8,13,17H/t13-/m1/s1. The molecule has 0 saturated heterocycles. The van der Waals surface area contributed by atoms with E-state index in [1.54, 1.807) is 0 Å². The Morgan fingerprint density at radius 1 is 0.913 bits per heavy atom. The molecule has 0 spiro atoms. The highest BCUT2D eigenvalue weighted by molar-refractivity contribution is 9.10. The first-order chi connectivity index (χ1) is 10.6. The van der Waals surface area contributed by atoms with Crippen LogP contribution < -0.4 is 0 Å². The molecule has 122 valence electrons. The Morgan fingerprint density at radius 3 is 1.78 bits per heavy atom. The summed E-state index contributed by atoms with van der Waals surface area (Å²) in [4.78, 5) is -1.28. The molecule has 9 heteroatoms. The Kier molecular flexibility index (Phi) is 3.67. The maximum atomic E-state index is 15.4. The summed E-state index contributed by atoms with van der Waals surface area (Å²) < 4.78 is 62.1. The fraction of sp³-hybridized carbons (Fsp3) is 0.143. The molecular formula is C14H10BrFO5S2. The van der Waals surface area contributed by atoms with Crippen LogP contribution in [0.1, 0.15) is 11.7 Å². The van der Waals surface area contributed by atoms with Crippen molar-refractivity contribution in [2.75, 3.05) is 0 Å². The van der Waals surface area contributed by atoms with Crippen molar-refractivity contribution < 1.29 is 26.3 Å². The number of aliphatic hydroxyl groups excluding tert-OH is 1. The Bertz CT molecular complexity index is 931. The van der Waals surface area contributed by atoms with Crippen LogP contribution in [0, 0.1) is 0 Å². The number of hydrogen-bond acceptors (Lipinski definition) is 5. The van der Waals surface area contributed by atoms with Crippen LogP contribution in [0.25, 0.3) is 0 Å². The first-order valence-corrected chi connectivity index (χ1v) is 10.1. The van der Waals surface area contributed by atoms with E-state index in [0.29, 0.717) is 4.47 Å².